The van der Waals surface area contributed by atoms with Crippen molar-refractivity contribution in [1.82, 2.24) is 15.1 Å². The zero-order chi connectivity index (χ0) is 15.1. The molecule has 4 heteroatoms. The maximum absolute atomic E-state index is 5.47. The van der Waals surface area contributed by atoms with Crippen molar-refractivity contribution in [2.24, 2.45) is 5.92 Å². The first-order valence-electron chi connectivity index (χ1n) is 8.50. The third-order valence-corrected chi connectivity index (χ3v) is 5.43. The van der Waals surface area contributed by atoms with Gasteiger partial charge in [0, 0.05) is 37.4 Å². The Labute approximate surface area is 131 Å². The molecule has 3 atom stereocenters. The van der Waals surface area contributed by atoms with Crippen LogP contribution in [0.25, 0.3) is 10.9 Å². The molecule has 1 aliphatic carbocycles. The number of benzene rings is 1. The van der Waals surface area contributed by atoms with Crippen LogP contribution in [0.4, 0.5) is 0 Å². The highest BCUT2D eigenvalue weighted by molar-refractivity contribution is 5.86. The molecule has 4 rings (SSSR count). The number of ether oxygens (including phenoxy) is 1. The third kappa shape index (κ3) is 2.17. The molecule has 1 N–H and O–H groups in total. The Bertz CT molecular complexity index is 665. The summed E-state index contributed by atoms with van der Waals surface area (Å²) < 4.78 is 5.47. The van der Waals surface area contributed by atoms with E-state index in [0.717, 1.165) is 13.0 Å². The van der Waals surface area contributed by atoms with Crippen LogP contribution in [0.3, 0.4) is 0 Å². The van der Waals surface area contributed by atoms with Crippen LogP contribution in [0, 0.1) is 5.92 Å². The number of fused-ring (bicyclic) bond motifs is 2. The second-order valence-electron chi connectivity index (χ2n) is 6.87. The van der Waals surface area contributed by atoms with Crippen LogP contribution >= 0.6 is 0 Å². The van der Waals surface area contributed by atoms with Gasteiger partial charge in [-0.3, -0.25) is 10.00 Å². The van der Waals surface area contributed by atoms with Crippen LogP contribution in [0.15, 0.2) is 18.2 Å². The van der Waals surface area contributed by atoms with E-state index in [2.05, 4.69) is 40.2 Å². The van der Waals surface area contributed by atoms with Gasteiger partial charge in [0.05, 0.1) is 17.8 Å². The fraction of sp³-hybridized carbons (Fsp3) is 0.611. The van der Waals surface area contributed by atoms with E-state index >= 15 is 0 Å². The van der Waals surface area contributed by atoms with Gasteiger partial charge < -0.3 is 4.74 Å². The van der Waals surface area contributed by atoms with E-state index in [1.54, 1.807) is 0 Å². The Morgan fingerprint density at radius 2 is 2.32 bits per heavy atom. The number of H-pyrrole nitrogens is 1. The summed E-state index contributed by atoms with van der Waals surface area (Å²) in [6.45, 7) is 5.49. The standard InChI is InChI=1S/C18H25N3O/c1-3-7-21-10-12(11-22-2)8-14-13-5-4-6-15-18(13)16(20-19-15)9-17(14)21/h4-6,12,14,17H,3,7-11H2,1-2H3,(H,19,20)/t12-,14?,17+/m0/s1. The Hall–Kier alpha value is -1.39. The van der Waals surface area contributed by atoms with Gasteiger partial charge in [0.25, 0.3) is 0 Å². The molecule has 118 valence electrons. The summed E-state index contributed by atoms with van der Waals surface area (Å²) in [7, 11) is 1.83. The molecule has 2 aromatic rings. The molecule has 0 spiro atoms. The summed E-state index contributed by atoms with van der Waals surface area (Å²) in [6.07, 6.45) is 3.53. The fourth-order valence-corrected chi connectivity index (χ4v) is 4.64. The van der Waals surface area contributed by atoms with Crippen molar-refractivity contribution in [2.45, 2.75) is 38.1 Å². The summed E-state index contributed by atoms with van der Waals surface area (Å²) >= 11 is 0. The predicted octanol–water partition coefficient (Wildman–Crippen LogP) is 2.95. The van der Waals surface area contributed by atoms with Gasteiger partial charge in [-0.1, -0.05) is 19.1 Å². The molecule has 2 aliphatic rings. The van der Waals surface area contributed by atoms with Crippen LogP contribution in [0.1, 0.15) is 36.9 Å². The number of likely N-dealkylation sites (tertiary alicyclic amines) is 1. The summed E-state index contributed by atoms with van der Waals surface area (Å²) in [5.74, 6) is 1.26. The zero-order valence-corrected chi connectivity index (χ0v) is 13.5. The number of nitrogens with zero attached hydrogens (tertiary/aromatic N) is 2. The number of hydrogen-bond acceptors (Lipinski definition) is 3. The van der Waals surface area contributed by atoms with Crippen molar-refractivity contribution in [1.29, 1.82) is 0 Å². The normalized spacial score (nSPS) is 28.0. The Balaban J connectivity index is 1.75. The minimum absolute atomic E-state index is 0.606. The molecule has 1 fully saturated rings. The van der Waals surface area contributed by atoms with E-state index in [1.807, 2.05) is 7.11 Å². The van der Waals surface area contributed by atoms with Gasteiger partial charge in [0.15, 0.2) is 0 Å². The Morgan fingerprint density at radius 1 is 1.41 bits per heavy atom. The quantitative estimate of drug-likeness (QED) is 0.943. The van der Waals surface area contributed by atoms with Gasteiger partial charge in [-0.25, -0.2) is 0 Å². The highest BCUT2D eigenvalue weighted by Gasteiger charge is 2.40. The fourth-order valence-electron chi connectivity index (χ4n) is 4.64. The smallest absolute Gasteiger partial charge is 0.0719 e. The van der Waals surface area contributed by atoms with E-state index in [1.165, 1.54) is 48.1 Å². The number of rotatable bonds is 4. The van der Waals surface area contributed by atoms with Gasteiger partial charge >= 0.3 is 0 Å². The van der Waals surface area contributed by atoms with Crippen LogP contribution in [-0.2, 0) is 11.2 Å². The van der Waals surface area contributed by atoms with Crippen LogP contribution in [0.5, 0.6) is 0 Å². The highest BCUT2D eigenvalue weighted by atomic mass is 16.5. The van der Waals surface area contributed by atoms with Crippen LogP contribution in [-0.4, -0.2) is 47.9 Å². The minimum atomic E-state index is 0.606. The summed E-state index contributed by atoms with van der Waals surface area (Å²) in [4.78, 5) is 2.69. The lowest BCUT2D eigenvalue weighted by Crippen LogP contribution is -2.51. The molecule has 1 unspecified atom stereocenters. The minimum Gasteiger partial charge on any atom is -0.384 e. The number of methoxy groups -OCH3 is 1. The van der Waals surface area contributed by atoms with Gasteiger partial charge in [-0.15, -0.1) is 0 Å². The maximum Gasteiger partial charge on any atom is 0.0719 e. The third-order valence-electron chi connectivity index (χ3n) is 5.43. The molecule has 1 aromatic carbocycles. The number of aromatic amines is 1. The maximum atomic E-state index is 5.47. The van der Waals surface area contributed by atoms with Gasteiger partial charge in [0.1, 0.15) is 0 Å². The second kappa shape index (κ2) is 5.67. The van der Waals surface area contributed by atoms with Crippen molar-refractivity contribution >= 4 is 10.9 Å². The van der Waals surface area contributed by atoms with Gasteiger partial charge in [-0.05, 0) is 36.9 Å². The average molecular weight is 299 g/mol. The molecule has 22 heavy (non-hydrogen) atoms. The van der Waals surface area contributed by atoms with E-state index in [9.17, 15) is 0 Å². The van der Waals surface area contributed by atoms with Gasteiger partial charge in [-0.2, -0.15) is 5.10 Å². The lowest BCUT2D eigenvalue weighted by atomic mass is 9.73. The molecule has 1 aromatic heterocycles. The SMILES string of the molecule is CCCN1C[C@@H](COC)CC2c3cccc4[nH]nc(c34)C[C@H]21. The molecule has 2 heterocycles. The number of nitrogens with one attached hydrogen (secondary N) is 1. The monoisotopic (exact) mass is 299 g/mol. The van der Waals surface area contributed by atoms with E-state index in [-0.39, 0.29) is 0 Å². The number of hydrogen-bond donors (Lipinski definition) is 1. The van der Waals surface area contributed by atoms with Crippen molar-refractivity contribution in [3.05, 3.63) is 29.5 Å². The van der Waals surface area contributed by atoms with Crippen molar-refractivity contribution in [3.63, 3.8) is 0 Å². The van der Waals surface area contributed by atoms with Crippen LogP contribution in [0.2, 0.25) is 0 Å². The predicted molar refractivity (Wildman–Crippen MR) is 88.2 cm³/mol. The summed E-state index contributed by atoms with van der Waals surface area (Å²) in [6, 6.07) is 7.24. The lowest BCUT2D eigenvalue weighted by Gasteiger charge is -2.46. The Morgan fingerprint density at radius 3 is 3.14 bits per heavy atom. The first-order chi connectivity index (χ1) is 10.8. The van der Waals surface area contributed by atoms with Crippen molar-refractivity contribution in [2.75, 3.05) is 26.8 Å². The number of aromatic nitrogens is 2. The molecular weight excluding hydrogens is 274 g/mol. The number of piperidine rings is 1. The van der Waals surface area contributed by atoms with Crippen molar-refractivity contribution < 1.29 is 4.74 Å². The van der Waals surface area contributed by atoms with Crippen LogP contribution < -0.4 is 0 Å². The first-order valence-corrected chi connectivity index (χ1v) is 8.50. The molecule has 1 aliphatic heterocycles. The highest BCUT2D eigenvalue weighted by Crippen LogP contribution is 2.44. The molecule has 4 nitrogen and oxygen atoms in total. The zero-order valence-electron chi connectivity index (χ0n) is 13.5. The topological polar surface area (TPSA) is 41.1 Å². The molecule has 0 radical (unpaired) electrons. The first kappa shape index (κ1) is 14.2. The van der Waals surface area contributed by atoms with E-state index in [4.69, 9.17) is 4.74 Å². The molecule has 0 bridgehead atoms. The Kier molecular flexibility index (Phi) is 3.66. The van der Waals surface area contributed by atoms with E-state index < -0.39 is 0 Å². The molecule has 0 saturated carbocycles. The van der Waals surface area contributed by atoms with E-state index in [0.29, 0.717) is 17.9 Å². The summed E-state index contributed by atoms with van der Waals surface area (Å²) in [5, 5.41) is 9.20. The van der Waals surface area contributed by atoms with Crippen molar-refractivity contribution in [3.8, 4) is 0 Å². The summed E-state index contributed by atoms with van der Waals surface area (Å²) in [5.41, 5.74) is 3.96. The lowest BCUT2D eigenvalue weighted by molar-refractivity contribution is 0.0424. The molecule has 0 amide bonds. The van der Waals surface area contributed by atoms with Gasteiger partial charge in [0.2, 0.25) is 0 Å². The molecular formula is C18H25N3O. The molecule has 1 saturated heterocycles. The average Bonchev–Trinajstić information content (AvgIpc) is 2.94. The second-order valence-corrected chi connectivity index (χ2v) is 6.87. The largest absolute Gasteiger partial charge is 0.384 e.